The molecule has 1 aliphatic rings. The van der Waals surface area contributed by atoms with Gasteiger partial charge < -0.3 is 10.6 Å². The van der Waals surface area contributed by atoms with E-state index in [1.54, 1.807) is 0 Å². The minimum atomic E-state index is 0.371. The lowest BCUT2D eigenvalue weighted by molar-refractivity contribution is 0.229. The van der Waals surface area contributed by atoms with Crippen molar-refractivity contribution < 1.29 is 0 Å². The van der Waals surface area contributed by atoms with Crippen LogP contribution in [0.25, 0.3) is 0 Å². The molecule has 0 aliphatic heterocycles. The topological polar surface area (TPSA) is 29.3 Å². The van der Waals surface area contributed by atoms with E-state index in [0.717, 1.165) is 19.0 Å². The normalized spacial score (nSPS) is 22.0. The lowest BCUT2D eigenvalue weighted by atomic mass is 10.2. The molecule has 12 heavy (non-hydrogen) atoms. The first-order valence-corrected chi connectivity index (χ1v) is 5.20. The van der Waals surface area contributed by atoms with Crippen molar-refractivity contribution >= 4 is 0 Å². The summed E-state index contributed by atoms with van der Waals surface area (Å²) in [4.78, 5) is 2.45. The van der Waals surface area contributed by atoms with E-state index in [4.69, 9.17) is 5.73 Å². The monoisotopic (exact) mass is 170 g/mol. The third kappa shape index (κ3) is 2.76. The number of nitrogens with two attached hydrogens (primary N) is 1. The summed E-state index contributed by atoms with van der Waals surface area (Å²) in [5.41, 5.74) is 5.90. The molecule has 0 spiro atoms. The lowest BCUT2D eigenvalue weighted by Crippen LogP contribution is -2.39. The van der Waals surface area contributed by atoms with Crippen LogP contribution in [0, 0.1) is 0 Å². The summed E-state index contributed by atoms with van der Waals surface area (Å²) >= 11 is 0. The molecule has 0 amide bonds. The second kappa shape index (κ2) is 4.83. The van der Waals surface area contributed by atoms with Gasteiger partial charge in [-0.15, -0.1) is 0 Å². The first kappa shape index (κ1) is 10.0. The van der Waals surface area contributed by atoms with E-state index < -0.39 is 0 Å². The Kier molecular flexibility index (Phi) is 4.02. The molecule has 1 aliphatic carbocycles. The molecule has 0 aromatic rings. The highest BCUT2D eigenvalue weighted by Crippen LogP contribution is 2.22. The molecule has 0 saturated heterocycles. The zero-order chi connectivity index (χ0) is 8.97. The predicted molar refractivity (Wildman–Crippen MR) is 53.2 cm³/mol. The van der Waals surface area contributed by atoms with Gasteiger partial charge in [0.15, 0.2) is 0 Å². The van der Waals surface area contributed by atoms with Gasteiger partial charge >= 0.3 is 0 Å². The van der Waals surface area contributed by atoms with E-state index in [2.05, 4.69) is 18.9 Å². The Morgan fingerprint density at radius 1 is 1.42 bits per heavy atom. The van der Waals surface area contributed by atoms with E-state index in [9.17, 15) is 0 Å². The number of hydrogen-bond acceptors (Lipinski definition) is 2. The van der Waals surface area contributed by atoms with Gasteiger partial charge in [0.05, 0.1) is 0 Å². The van der Waals surface area contributed by atoms with Gasteiger partial charge in [0.25, 0.3) is 0 Å². The summed E-state index contributed by atoms with van der Waals surface area (Å²) in [6.45, 7) is 3.23. The van der Waals surface area contributed by atoms with Crippen LogP contribution in [0.3, 0.4) is 0 Å². The molecule has 1 atom stereocenters. The van der Waals surface area contributed by atoms with E-state index in [0.29, 0.717) is 6.04 Å². The van der Waals surface area contributed by atoms with Gasteiger partial charge in [0.1, 0.15) is 0 Å². The quantitative estimate of drug-likeness (QED) is 0.694. The molecule has 2 heteroatoms. The van der Waals surface area contributed by atoms with Crippen molar-refractivity contribution in [2.45, 2.75) is 51.1 Å². The molecule has 2 N–H and O–H groups in total. The third-order valence-electron chi connectivity index (χ3n) is 2.99. The molecule has 72 valence electrons. The molecule has 0 aromatic heterocycles. The molecule has 1 saturated carbocycles. The average Bonchev–Trinajstić information content (AvgIpc) is 2.56. The lowest BCUT2D eigenvalue weighted by Gasteiger charge is -2.26. The number of rotatable bonds is 4. The number of hydrogen-bond donors (Lipinski definition) is 1. The van der Waals surface area contributed by atoms with Crippen molar-refractivity contribution in [1.82, 2.24) is 4.90 Å². The molecule has 0 heterocycles. The van der Waals surface area contributed by atoms with Gasteiger partial charge in [0.2, 0.25) is 0 Å². The maximum Gasteiger partial charge on any atom is 0.0165 e. The second-order valence-electron chi connectivity index (χ2n) is 4.05. The predicted octanol–water partition coefficient (Wildman–Crippen LogP) is 1.60. The molecular weight excluding hydrogens is 148 g/mol. The van der Waals surface area contributed by atoms with Crippen molar-refractivity contribution in [1.29, 1.82) is 0 Å². The van der Waals surface area contributed by atoms with Crippen molar-refractivity contribution in [2.24, 2.45) is 5.73 Å². The fraction of sp³-hybridized carbons (Fsp3) is 1.00. The van der Waals surface area contributed by atoms with E-state index in [1.807, 2.05) is 0 Å². The first-order valence-electron chi connectivity index (χ1n) is 5.20. The zero-order valence-corrected chi connectivity index (χ0v) is 8.42. The number of likely N-dealkylation sites (N-methyl/N-ethyl adjacent to an activating group) is 1. The molecule has 0 radical (unpaired) electrons. The van der Waals surface area contributed by atoms with Gasteiger partial charge in [-0.2, -0.15) is 0 Å². The Bertz CT molecular complexity index is 119. The minimum absolute atomic E-state index is 0.371. The van der Waals surface area contributed by atoms with Gasteiger partial charge in [-0.05, 0) is 26.3 Å². The van der Waals surface area contributed by atoms with Gasteiger partial charge in [0, 0.05) is 18.6 Å². The van der Waals surface area contributed by atoms with Crippen LogP contribution in [-0.4, -0.2) is 30.6 Å². The average molecular weight is 170 g/mol. The SMILES string of the molecule is CCC(N)CN(C)C1CCCC1. The second-order valence-corrected chi connectivity index (χ2v) is 4.05. The Labute approximate surface area is 76.1 Å². The molecule has 1 rings (SSSR count). The Balaban J connectivity index is 2.21. The summed E-state index contributed by atoms with van der Waals surface area (Å²) in [5.74, 6) is 0. The highest BCUT2D eigenvalue weighted by atomic mass is 15.1. The van der Waals surface area contributed by atoms with E-state index >= 15 is 0 Å². The van der Waals surface area contributed by atoms with Gasteiger partial charge in [-0.3, -0.25) is 0 Å². The standard InChI is InChI=1S/C10H22N2/c1-3-9(11)8-12(2)10-6-4-5-7-10/h9-10H,3-8,11H2,1-2H3. The minimum Gasteiger partial charge on any atom is -0.327 e. The molecule has 2 nitrogen and oxygen atoms in total. The fourth-order valence-electron chi connectivity index (χ4n) is 1.99. The molecule has 1 fully saturated rings. The van der Waals surface area contributed by atoms with Crippen molar-refractivity contribution in [2.75, 3.05) is 13.6 Å². The smallest absolute Gasteiger partial charge is 0.0165 e. The van der Waals surface area contributed by atoms with Crippen molar-refractivity contribution in [3.63, 3.8) is 0 Å². The molecule has 0 aromatic carbocycles. The third-order valence-corrected chi connectivity index (χ3v) is 2.99. The van der Waals surface area contributed by atoms with Crippen LogP contribution in [-0.2, 0) is 0 Å². The van der Waals surface area contributed by atoms with Crippen LogP contribution in [0.2, 0.25) is 0 Å². The van der Waals surface area contributed by atoms with Crippen LogP contribution < -0.4 is 5.73 Å². The highest BCUT2D eigenvalue weighted by Gasteiger charge is 2.20. The maximum absolute atomic E-state index is 5.90. The van der Waals surface area contributed by atoms with Crippen LogP contribution in [0.15, 0.2) is 0 Å². The van der Waals surface area contributed by atoms with Crippen molar-refractivity contribution in [3.8, 4) is 0 Å². The Hall–Kier alpha value is -0.0800. The van der Waals surface area contributed by atoms with Crippen LogP contribution in [0.4, 0.5) is 0 Å². The highest BCUT2D eigenvalue weighted by molar-refractivity contribution is 4.77. The zero-order valence-electron chi connectivity index (χ0n) is 8.42. The Morgan fingerprint density at radius 2 is 2.00 bits per heavy atom. The maximum atomic E-state index is 5.90. The van der Waals surface area contributed by atoms with E-state index in [-0.39, 0.29) is 0 Å². The summed E-state index contributed by atoms with van der Waals surface area (Å²) in [6.07, 6.45) is 6.68. The first-order chi connectivity index (χ1) is 5.74. The largest absolute Gasteiger partial charge is 0.327 e. The number of nitrogens with zero attached hydrogens (tertiary/aromatic N) is 1. The summed E-state index contributed by atoms with van der Waals surface area (Å²) in [6, 6.07) is 1.19. The molecule has 1 unspecified atom stereocenters. The molecular formula is C10H22N2. The summed E-state index contributed by atoms with van der Waals surface area (Å²) in [7, 11) is 2.21. The summed E-state index contributed by atoms with van der Waals surface area (Å²) in [5, 5.41) is 0. The van der Waals surface area contributed by atoms with Gasteiger partial charge in [-0.25, -0.2) is 0 Å². The van der Waals surface area contributed by atoms with Crippen LogP contribution in [0.1, 0.15) is 39.0 Å². The van der Waals surface area contributed by atoms with Gasteiger partial charge in [-0.1, -0.05) is 19.8 Å². The van der Waals surface area contributed by atoms with E-state index in [1.165, 1.54) is 25.7 Å². The fourth-order valence-corrected chi connectivity index (χ4v) is 1.99. The van der Waals surface area contributed by atoms with Crippen LogP contribution in [0.5, 0.6) is 0 Å². The molecule has 0 bridgehead atoms. The van der Waals surface area contributed by atoms with Crippen LogP contribution >= 0.6 is 0 Å². The Morgan fingerprint density at radius 3 is 2.50 bits per heavy atom. The summed E-state index contributed by atoms with van der Waals surface area (Å²) < 4.78 is 0. The van der Waals surface area contributed by atoms with Crippen molar-refractivity contribution in [3.05, 3.63) is 0 Å².